The van der Waals surface area contributed by atoms with E-state index in [1.165, 1.54) is 6.07 Å². The molecule has 7 heteroatoms. The largest absolute Gasteiger partial charge is 0.530 e. The summed E-state index contributed by atoms with van der Waals surface area (Å²) in [6.45, 7) is 3.44. The first-order valence-corrected chi connectivity index (χ1v) is 5.08. The van der Waals surface area contributed by atoms with Gasteiger partial charge in [0.05, 0.1) is 0 Å². The van der Waals surface area contributed by atoms with E-state index < -0.39 is 7.82 Å². The molecule has 1 aromatic rings. The van der Waals surface area contributed by atoms with Gasteiger partial charge in [0, 0.05) is 53.8 Å². The molecule has 0 aliphatic carbocycles. The van der Waals surface area contributed by atoms with Gasteiger partial charge in [-0.1, -0.05) is 19.6 Å². The Hall–Kier alpha value is 0.962. The van der Waals surface area contributed by atoms with Crippen LogP contribution in [0.15, 0.2) is 6.07 Å². The van der Waals surface area contributed by atoms with Crippen molar-refractivity contribution in [2.24, 2.45) is 0 Å². The Labute approximate surface area is 128 Å². The Balaban J connectivity index is 0. The molecule has 0 aliphatic rings. The average Bonchev–Trinajstić information content (AvgIpc) is 1.93. The van der Waals surface area contributed by atoms with Gasteiger partial charge >= 0.3 is 7.82 Å². The predicted octanol–water partition coefficient (Wildman–Crippen LogP) is 1.37. The third-order valence-electron chi connectivity index (χ3n) is 1.38. The van der Waals surface area contributed by atoms with Crippen LogP contribution in [-0.4, -0.2) is 9.79 Å². The molecule has 0 spiro atoms. The number of phosphoric acid groups is 1. The fourth-order valence-electron chi connectivity index (χ4n) is 0.884. The molecule has 0 saturated heterocycles. The minimum atomic E-state index is -4.47. The first kappa shape index (κ1) is 18.3. The number of phosphoric ester groups is 1. The Bertz CT molecular complexity index is 366. The molecule has 1 rings (SSSR count). The van der Waals surface area contributed by atoms with Gasteiger partial charge in [-0.25, -0.2) is 10.1 Å². The Morgan fingerprint density at radius 2 is 1.93 bits per heavy atom. The van der Waals surface area contributed by atoms with E-state index in [0.29, 0.717) is 5.56 Å². The van der Waals surface area contributed by atoms with Crippen LogP contribution in [0.2, 0.25) is 0 Å². The first-order chi connectivity index (χ1) is 5.88. The van der Waals surface area contributed by atoms with Crippen LogP contribution in [0.1, 0.15) is 11.1 Å². The molecule has 1 radical (unpaired) electrons. The SMILES string of the molecule is Cc1[c-]cc(OP(=O)(O)O)c(C)[c-]1.[W].[Y]. The molecule has 0 bridgehead atoms. The van der Waals surface area contributed by atoms with E-state index in [9.17, 15) is 4.57 Å². The first-order valence-electron chi connectivity index (χ1n) is 3.55. The maximum atomic E-state index is 10.5. The molecule has 0 amide bonds. The monoisotopic (exact) mass is 473 g/mol. The molecule has 15 heavy (non-hydrogen) atoms. The van der Waals surface area contributed by atoms with E-state index in [1.807, 2.05) is 0 Å². The maximum Gasteiger partial charge on any atom is 0.502 e. The van der Waals surface area contributed by atoms with Crippen molar-refractivity contribution in [3.8, 4) is 5.75 Å². The standard InChI is InChI=1S/C8H9O4P.W.Y/c1-6-3-4-8(7(2)5-6)12-13(9,10)11;;/h4H,1-2H3,(H2,9,10,11);;/q-2;;. The molecule has 0 atom stereocenters. The second-order valence-corrected chi connectivity index (χ2v) is 3.77. The van der Waals surface area contributed by atoms with Crippen LogP contribution < -0.4 is 4.52 Å². The van der Waals surface area contributed by atoms with Gasteiger partial charge in [-0.3, -0.25) is 21.4 Å². The van der Waals surface area contributed by atoms with Gasteiger partial charge in [0.1, 0.15) is 0 Å². The number of hydrogen-bond acceptors (Lipinski definition) is 2. The van der Waals surface area contributed by atoms with Crippen LogP contribution in [0.4, 0.5) is 0 Å². The summed E-state index contributed by atoms with van der Waals surface area (Å²) in [5, 5.41) is 0. The van der Waals surface area contributed by atoms with Crippen molar-refractivity contribution >= 4 is 7.82 Å². The van der Waals surface area contributed by atoms with Gasteiger partial charge in [-0.05, 0) is 0 Å². The van der Waals surface area contributed by atoms with Crippen LogP contribution in [0, 0.1) is 26.0 Å². The molecule has 0 aliphatic heterocycles. The quantitative estimate of drug-likeness (QED) is 0.504. The fraction of sp³-hybridized carbons (Fsp3) is 0.250. The van der Waals surface area contributed by atoms with Crippen LogP contribution in [0.25, 0.3) is 0 Å². The van der Waals surface area contributed by atoms with Crippen molar-refractivity contribution < 1.29 is 72.7 Å². The third-order valence-corrected chi connectivity index (χ3v) is 1.82. The number of hydrogen-bond donors (Lipinski definition) is 2. The molecular weight excluding hydrogens is 464 g/mol. The summed E-state index contributed by atoms with van der Waals surface area (Å²) >= 11 is 0. The second kappa shape index (κ2) is 7.32. The van der Waals surface area contributed by atoms with Crippen molar-refractivity contribution in [2.45, 2.75) is 13.8 Å². The van der Waals surface area contributed by atoms with Crippen LogP contribution in [0.5, 0.6) is 5.75 Å². The van der Waals surface area contributed by atoms with Gasteiger partial charge in [-0.2, -0.15) is 0 Å². The molecule has 2 N–H and O–H groups in total. The van der Waals surface area contributed by atoms with Crippen molar-refractivity contribution in [2.75, 3.05) is 0 Å². The van der Waals surface area contributed by atoms with E-state index in [0.717, 1.165) is 5.56 Å². The molecule has 0 saturated carbocycles. The van der Waals surface area contributed by atoms with Gasteiger partial charge in [0.25, 0.3) is 0 Å². The normalized spacial score (nSPS) is 9.87. The summed E-state index contributed by atoms with van der Waals surface area (Å²) in [6.07, 6.45) is 0. The summed E-state index contributed by atoms with van der Waals surface area (Å²) in [6, 6.07) is 6.97. The molecular formula is C8H9O4PWY-2. The number of benzene rings is 1. The van der Waals surface area contributed by atoms with Crippen molar-refractivity contribution in [3.63, 3.8) is 0 Å². The average molecular weight is 473 g/mol. The van der Waals surface area contributed by atoms with E-state index in [2.05, 4.69) is 16.7 Å². The topological polar surface area (TPSA) is 66.8 Å². The van der Waals surface area contributed by atoms with Crippen molar-refractivity contribution in [3.05, 3.63) is 29.3 Å². The van der Waals surface area contributed by atoms with Crippen LogP contribution in [0.3, 0.4) is 0 Å². The molecule has 81 valence electrons. The summed E-state index contributed by atoms with van der Waals surface area (Å²) in [5.74, 6) is 0.110. The summed E-state index contributed by atoms with van der Waals surface area (Å²) in [4.78, 5) is 17.1. The van der Waals surface area contributed by atoms with E-state index in [4.69, 9.17) is 9.79 Å². The zero-order chi connectivity index (χ0) is 10.1. The minimum Gasteiger partial charge on any atom is -0.530 e. The summed E-state index contributed by atoms with van der Waals surface area (Å²) in [5.41, 5.74) is 1.33. The van der Waals surface area contributed by atoms with E-state index in [-0.39, 0.29) is 59.5 Å². The van der Waals surface area contributed by atoms with Gasteiger partial charge < -0.3 is 16.7 Å². The predicted molar refractivity (Wildman–Crippen MR) is 46.3 cm³/mol. The Kier molecular flexibility index (Phi) is 8.94. The number of aryl methyl sites for hydroxylation is 2. The number of rotatable bonds is 2. The summed E-state index contributed by atoms with van der Waals surface area (Å²) < 4.78 is 14.9. The minimum absolute atomic E-state index is 0. The Morgan fingerprint density at radius 3 is 2.33 bits per heavy atom. The molecule has 1 aromatic carbocycles. The smallest absolute Gasteiger partial charge is 0.502 e. The summed E-state index contributed by atoms with van der Waals surface area (Å²) in [7, 11) is -4.47. The molecule has 0 heterocycles. The fourth-order valence-corrected chi connectivity index (χ4v) is 1.33. The molecule has 0 unspecified atom stereocenters. The van der Waals surface area contributed by atoms with Gasteiger partial charge in [0.2, 0.25) is 0 Å². The van der Waals surface area contributed by atoms with Crippen molar-refractivity contribution in [1.82, 2.24) is 0 Å². The van der Waals surface area contributed by atoms with Crippen LogP contribution in [-0.2, 0) is 58.3 Å². The molecule has 0 fully saturated rings. The zero-order valence-corrected chi connectivity index (χ0v) is 14.9. The van der Waals surface area contributed by atoms with Gasteiger partial charge in [0.15, 0.2) is 0 Å². The van der Waals surface area contributed by atoms with E-state index >= 15 is 0 Å². The maximum absolute atomic E-state index is 10.5. The van der Waals surface area contributed by atoms with Crippen LogP contribution >= 0.6 is 7.82 Å². The third kappa shape index (κ3) is 6.99. The Morgan fingerprint density at radius 1 is 1.40 bits per heavy atom. The van der Waals surface area contributed by atoms with Gasteiger partial charge in [-0.15, -0.1) is 0 Å². The molecule has 4 nitrogen and oxygen atoms in total. The van der Waals surface area contributed by atoms with Crippen molar-refractivity contribution in [1.29, 1.82) is 0 Å². The second-order valence-electron chi connectivity index (χ2n) is 2.61. The van der Waals surface area contributed by atoms with E-state index in [1.54, 1.807) is 13.8 Å². The molecule has 0 aromatic heterocycles. The zero-order valence-electron chi connectivity index (χ0n) is 8.22.